The van der Waals surface area contributed by atoms with Crippen LogP contribution in [0, 0.1) is 0 Å². The fourth-order valence-electron chi connectivity index (χ4n) is 3.30. The zero-order chi connectivity index (χ0) is 19.0. The van der Waals surface area contributed by atoms with E-state index in [1.165, 1.54) is 16.7 Å². The first kappa shape index (κ1) is 19.2. The summed E-state index contributed by atoms with van der Waals surface area (Å²) in [5.41, 5.74) is 3.80. The summed E-state index contributed by atoms with van der Waals surface area (Å²) in [6, 6.07) is 32.0. The number of benzene rings is 3. The van der Waals surface area contributed by atoms with Crippen molar-refractivity contribution in [1.82, 2.24) is 0 Å². The van der Waals surface area contributed by atoms with Crippen LogP contribution in [-0.2, 0) is 9.54 Å². The van der Waals surface area contributed by atoms with E-state index in [0.717, 1.165) is 12.2 Å². The molecule has 0 radical (unpaired) electrons. The van der Waals surface area contributed by atoms with Crippen LogP contribution in [0.25, 0.3) is 0 Å². The molecule has 0 aliphatic carbocycles. The van der Waals surface area contributed by atoms with Crippen LogP contribution >= 0.6 is 11.8 Å². The lowest BCUT2D eigenvalue weighted by Crippen LogP contribution is -2.26. The predicted octanol–water partition coefficient (Wildman–Crippen LogP) is 6.25. The molecular weight excluding hydrogens is 348 g/mol. The van der Waals surface area contributed by atoms with Crippen molar-refractivity contribution in [2.75, 3.05) is 5.75 Å². The summed E-state index contributed by atoms with van der Waals surface area (Å²) < 4.78 is -0.284. The molecule has 0 aromatic heterocycles. The highest BCUT2D eigenvalue weighted by Crippen LogP contribution is 2.48. The fraction of sp³-hybridized carbons (Fsp3) is 0.160. The molecule has 0 atom stereocenters. The van der Waals surface area contributed by atoms with Gasteiger partial charge in [0.05, 0.1) is 4.75 Å². The van der Waals surface area contributed by atoms with E-state index >= 15 is 0 Å². The highest BCUT2D eigenvalue weighted by atomic mass is 32.2. The minimum absolute atomic E-state index is 0.0976. The zero-order valence-electron chi connectivity index (χ0n) is 15.5. The lowest BCUT2D eigenvalue weighted by molar-refractivity contribution is -0.112. The standard InChI is InChI=1S/C25H24OS/c1-21(26)13-11-12-20-27-25(22-14-5-2-6-15-22,23-16-7-3-8-17-23)24-18-9-4-10-19-24/h2-11,13-19H,12,20H2,1H3/b13-11-. The van der Waals surface area contributed by atoms with Gasteiger partial charge in [-0.25, -0.2) is 0 Å². The second-order valence-corrected chi connectivity index (χ2v) is 7.74. The van der Waals surface area contributed by atoms with E-state index in [1.54, 1.807) is 13.0 Å². The summed E-state index contributed by atoms with van der Waals surface area (Å²) in [7, 11) is 0. The molecule has 0 N–H and O–H groups in total. The van der Waals surface area contributed by atoms with Crippen molar-refractivity contribution >= 4 is 17.5 Å². The number of carbonyl (C=O) groups excluding carboxylic acids is 1. The molecule has 0 unspecified atom stereocenters. The molecule has 1 nitrogen and oxygen atoms in total. The van der Waals surface area contributed by atoms with Crippen LogP contribution in [0.3, 0.4) is 0 Å². The van der Waals surface area contributed by atoms with Gasteiger partial charge in [0.2, 0.25) is 0 Å². The summed E-state index contributed by atoms with van der Waals surface area (Å²) in [4.78, 5) is 11.2. The second kappa shape index (κ2) is 9.38. The summed E-state index contributed by atoms with van der Waals surface area (Å²) in [5.74, 6) is 1.02. The van der Waals surface area contributed by atoms with Gasteiger partial charge in [0.1, 0.15) is 0 Å². The Morgan fingerprint density at radius 3 is 1.56 bits per heavy atom. The number of hydrogen-bond acceptors (Lipinski definition) is 2. The Hall–Kier alpha value is -2.58. The lowest BCUT2D eigenvalue weighted by atomic mass is 9.84. The Morgan fingerprint density at radius 2 is 1.19 bits per heavy atom. The highest BCUT2D eigenvalue weighted by molar-refractivity contribution is 8.00. The maximum atomic E-state index is 11.2. The van der Waals surface area contributed by atoms with Gasteiger partial charge in [0.15, 0.2) is 5.78 Å². The molecule has 0 heterocycles. The Bertz CT molecular complexity index is 773. The Labute approximate surface area is 166 Å². The summed E-state index contributed by atoms with van der Waals surface area (Å²) in [6.07, 6.45) is 4.50. The van der Waals surface area contributed by atoms with Crippen molar-refractivity contribution in [3.63, 3.8) is 0 Å². The maximum absolute atomic E-state index is 11.2. The molecule has 2 heteroatoms. The van der Waals surface area contributed by atoms with E-state index in [4.69, 9.17) is 0 Å². The van der Waals surface area contributed by atoms with Crippen molar-refractivity contribution in [2.45, 2.75) is 18.1 Å². The molecule has 0 aliphatic heterocycles. The molecule has 0 amide bonds. The van der Waals surface area contributed by atoms with Gasteiger partial charge in [-0.3, -0.25) is 4.79 Å². The first-order chi connectivity index (χ1) is 13.2. The second-order valence-electron chi connectivity index (χ2n) is 6.43. The van der Waals surface area contributed by atoms with Gasteiger partial charge in [0.25, 0.3) is 0 Å². The van der Waals surface area contributed by atoms with Gasteiger partial charge in [-0.05, 0) is 41.9 Å². The number of hydrogen-bond donors (Lipinski definition) is 0. The van der Waals surface area contributed by atoms with Gasteiger partial charge < -0.3 is 0 Å². The van der Waals surface area contributed by atoms with Crippen molar-refractivity contribution in [1.29, 1.82) is 0 Å². The van der Waals surface area contributed by atoms with Crippen LogP contribution in [0.15, 0.2) is 103 Å². The third kappa shape index (κ3) is 4.58. The Kier molecular flexibility index (Phi) is 6.67. The number of thioether (sulfide) groups is 1. The van der Waals surface area contributed by atoms with E-state index in [-0.39, 0.29) is 10.5 Å². The first-order valence-electron chi connectivity index (χ1n) is 9.21. The molecule has 3 aromatic rings. The van der Waals surface area contributed by atoms with Crippen LogP contribution in [0.1, 0.15) is 30.0 Å². The van der Waals surface area contributed by atoms with Gasteiger partial charge in [-0.1, -0.05) is 97.1 Å². The van der Waals surface area contributed by atoms with E-state index in [1.807, 2.05) is 17.8 Å². The van der Waals surface area contributed by atoms with Gasteiger partial charge >= 0.3 is 0 Å². The number of carbonyl (C=O) groups is 1. The molecule has 0 fully saturated rings. The number of rotatable bonds is 8. The van der Waals surface area contributed by atoms with E-state index in [2.05, 4.69) is 91.0 Å². The number of ketones is 1. The van der Waals surface area contributed by atoms with E-state index in [0.29, 0.717) is 0 Å². The SMILES string of the molecule is CC(=O)/C=C\CCSC(c1ccccc1)(c1ccccc1)c1ccccc1. The number of allylic oxidation sites excluding steroid dienone is 2. The molecule has 3 rings (SSSR count). The van der Waals surface area contributed by atoms with Crippen LogP contribution in [-0.4, -0.2) is 11.5 Å². The van der Waals surface area contributed by atoms with Crippen LogP contribution in [0.2, 0.25) is 0 Å². The molecule has 3 aromatic carbocycles. The van der Waals surface area contributed by atoms with E-state index in [9.17, 15) is 4.79 Å². The van der Waals surface area contributed by atoms with Crippen molar-refractivity contribution in [3.8, 4) is 0 Å². The third-order valence-corrected chi connectivity index (χ3v) is 6.08. The fourth-order valence-corrected chi connectivity index (χ4v) is 4.77. The monoisotopic (exact) mass is 372 g/mol. The summed E-state index contributed by atoms with van der Waals surface area (Å²) in [5, 5.41) is 0. The summed E-state index contributed by atoms with van der Waals surface area (Å²) >= 11 is 1.92. The molecule has 27 heavy (non-hydrogen) atoms. The minimum Gasteiger partial charge on any atom is -0.295 e. The highest BCUT2D eigenvalue weighted by Gasteiger charge is 2.36. The van der Waals surface area contributed by atoms with Crippen molar-refractivity contribution < 1.29 is 4.79 Å². The average Bonchev–Trinajstić information content (AvgIpc) is 2.73. The minimum atomic E-state index is -0.284. The van der Waals surface area contributed by atoms with Gasteiger partial charge in [0, 0.05) is 0 Å². The maximum Gasteiger partial charge on any atom is 0.152 e. The smallest absolute Gasteiger partial charge is 0.152 e. The normalized spacial score (nSPS) is 11.6. The van der Waals surface area contributed by atoms with Crippen molar-refractivity contribution in [3.05, 3.63) is 120 Å². The Balaban J connectivity index is 2.07. The zero-order valence-corrected chi connectivity index (χ0v) is 16.4. The van der Waals surface area contributed by atoms with Crippen LogP contribution in [0.5, 0.6) is 0 Å². The average molecular weight is 373 g/mol. The quantitative estimate of drug-likeness (QED) is 0.264. The lowest BCUT2D eigenvalue weighted by Gasteiger charge is -2.35. The molecule has 0 saturated heterocycles. The van der Waals surface area contributed by atoms with Gasteiger partial charge in [-0.2, -0.15) is 0 Å². The molecule has 136 valence electrons. The van der Waals surface area contributed by atoms with E-state index < -0.39 is 0 Å². The predicted molar refractivity (Wildman–Crippen MR) is 116 cm³/mol. The van der Waals surface area contributed by atoms with Gasteiger partial charge in [-0.15, -0.1) is 11.8 Å². The first-order valence-corrected chi connectivity index (χ1v) is 10.2. The van der Waals surface area contributed by atoms with Crippen molar-refractivity contribution in [2.24, 2.45) is 0 Å². The molecule has 0 saturated carbocycles. The van der Waals surface area contributed by atoms with Crippen LogP contribution in [0.4, 0.5) is 0 Å². The molecule has 0 bridgehead atoms. The van der Waals surface area contributed by atoms with Crippen LogP contribution < -0.4 is 0 Å². The molecular formula is C25H24OS. The largest absolute Gasteiger partial charge is 0.295 e. The summed E-state index contributed by atoms with van der Waals surface area (Å²) in [6.45, 7) is 1.59. The third-order valence-electron chi connectivity index (χ3n) is 4.50. The molecule has 0 aliphatic rings. The Morgan fingerprint density at radius 1 is 0.778 bits per heavy atom. The molecule has 0 spiro atoms. The topological polar surface area (TPSA) is 17.1 Å².